The molecule has 1 unspecified atom stereocenters. The van der Waals surface area contributed by atoms with E-state index in [2.05, 4.69) is 6.92 Å². The highest BCUT2D eigenvalue weighted by Crippen LogP contribution is 2.41. The Bertz CT molecular complexity index is 1350. The van der Waals surface area contributed by atoms with Crippen LogP contribution in [0, 0.1) is 0 Å². The molecule has 5 rings (SSSR count). The van der Waals surface area contributed by atoms with E-state index in [4.69, 9.17) is 9.15 Å². The summed E-state index contributed by atoms with van der Waals surface area (Å²) in [5.41, 5.74) is 3.25. The van der Waals surface area contributed by atoms with Crippen LogP contribution in [0.3, 0.4) is 0 Å². The van der Waals surface area contributed by atoms with Gasteiger partial charge >= 0.3 is 0 Å². The van der Waals surface area contributed by atoms with Gasteiger partial charge < -0.3 is 9.15 Å². The molecule has 4 aromatic rings. The van der Waals surface area contributed by atoms with E-state index in [1.165, 1.54) is 5.56 Å². The van der Waals surface area contributed by atoms with Gasteiger partial charge in [0.15, 0.2) is 5.43 Å². The van der Waals surface area contributed by atoms with Gasteiger partial charge in [0.05, 0.1) is 24.1 Å². The van der Waals surface area contributed by atoms with E-state index in [0.29, 0.717) is 28.0 Å². The highest BCUT2D eigenvalue weighted by atomic mass is 16.5. The van der Waals surface area contributed by atoms with Gasteiger partial charge in [-0.1, -0.05) is 43.3 Å². The molecular weight excluding hydrogens is 390 g/mol. The summed E-state index contributed by atoms with van der Waals surface area (Å²) >= 11 is 0. The smallest absolute Gasteiger partial charge is 0.295 e. The molecule has 3 aromatic carbocycles. The molecule has 1 aliphatic heterocycles. The quantitative estimate of drug-likeness (QED) is 0.468. The Morgan fingerprint density at radius 2 is 1.74 bits per heavy atom. The Labute approximate surface area is 179 Å². The first kappa shape index (κ1) is 19.1. The zero-order valence-electron chi connectivity index (χ0n) is 17.3. The molecule has 0 N–H and O–H groups in total. The minimum atomic E-state index is -0.606. The summed E-state index contributed by atoms with van der Waals surface area (Å²) in [5, 5.41) is 0.463. The van der Waals surface area contributed by atoms with E-state index in [9.17, 15) is 9.59 Å². The number of hydrogen-bond donors (Lipinski definition) is 0. The zero-order valence-corrected chi connectivity index (χ0v) is 17.3. The van der Waals surface area contributed by atoms with Crippen LogP contribution in [0.2, 0.25) is 0 Å². The molecule has 1 amide bonds. The van der Waals surface area contributed by atoms with Gasteiger partial charge in [0.1, 0.15) is 11.3 Å². The van der Waals surface area contributed by atoms with E-state index in [1.54, 1.807) is 36.3 Å². The first-order valence-electron chi connectivity index (χ1n) is 10.2. The van der Waals surface area contributed by atoms with Gasteiger partial charge in [-0.2, -0.15) is 0 Å². The van der Waals surface area contributed by atoms with Gasteiger partial charge in [-0.05, 0) is 53.9 Å². The number of rotatable bonds is 4. The number of hydrogen-bond acceptors (Lipinski definition) is 4. The lowest BCUT2D eigenvalue weighted by Gasteiger charge is -2.25. The topological polar surface area (TPSA) is 59.8 Å². The molecule has 1 atom stereocenters. The number of methoxy groups -OCH3 is 1. The second-order valence-corrected chi connectivity index (χ2v) is 7.54. The number of benzene rings is 3. The average molecular weight is 411 g/mol. The molecule has 2 heterocycles. The first-order valence-corrected chi connectivity index (χ1v) is 10.2. The van der Waals surface area contributed by atoms with E-state index >= 15 is 0 Å². The van der Waals surface area contributed by atoms with Crippen LogP contribution in [-0.4, -0.2) is 13.0 Å². The summed E-state index contributed by atoms with van der Waals surface area (Å²) in [6.07, 6.45) is 0.902. The van der Waals surface area contributed by atoms with Crippen molar-refractivity contribution in [2.45, 2.75) is 19.4 Å². The van der Waals surface area contributed by atoms with Gasteiger partial charge in [0.2, 0.25) is 5.76 Å². The minimum absolute atomic E-state index is 0.0936. The number of carbonyl (C=O) groups is 1. The Morgan fingerprint density at radius 1 is 0.968 bits per heavy atom. The molecule has 0 radical (unpaired) electrons. The van der Waals surface area contributed by atoms with Gasteiger partial charge in [0.25, 0.3) is 5.91 Å². The van der Waals surface area contributed by atoms with Crippen molar-refractivity contribution in [3.63, 3.8) is 0 Å². The number of amides is 1. The van der Waals surface area contributed by atoms with Gasteiger partial charge in [-0.25, -0.2) is 0 Å². The Morgan fingerprint density at radius 3 is 2.48 bits per heavy atom. The molecule has 0 aliphatic carbocycles. The SMILES string of the molecule is CCc1ccc(N2C(=O)c3oc4ccccc4c(=O)c3C2c2cccc(OC)c2)cc1. The van der Waals surface area contributed by atoms with E-state index in [0.717, 1.165) is 12.0 Å². The van der Waals surface area contributed by atoms with Crippen molar-refractivity contribution >= 4 is 22.6 Å². The average Bonchev–Trinajstić information content (AvgIpc) is 3.12. The second-order valence-electron chi connectivity index (χ2n) is 7.54. The largest absolute Gasteiger partial charge is 0.497 e. The number of nitrogens with zero attached hydrogens (tertiary/aromatic N) is 1. The van der Waals surface area contributed by atoms with Gasteiger partial charge in [-0.15, -0.1) is 0 Å². The van der Waals surface area contributed by atoms with Crippen LogP contribution in [0.1, 0.15) is 40.2 Å². The fraction of sp³-hybridized carbons (Fsp3) is 0.154. The van der Waals surface area contributed by atoms with Crippen molar-refractivity contribution in [3.8, 4) is 5.75 Å². The van der Waals surface area contributed by atoms with E-state index < -0.39 is 6.04 Å². The lowest BCUT2D eigenvalue weighted by molar-refractivity contribution is 0.0971. The van der Waals surface area contributed by atoms with Crippen LogP contribution in [0.25, 0.3) is 11.0 Å². The standard InChI is InChI=1S/C26H21NO4/c1-3-16-11-13-18(14-12-16)27-23(17-7-6-8-19(15-17)30-2)22-24(28)20-9-4-5-10-21(20)31-25(22)26(27)29/h4-15,23H,3H2,1-2H3. The predicted octanol–water partition coefficient (Wildman–Crippen LogP) is 5.11. The molecule has 1 aliphatic rings. The normalized spacial score (nSPS) is 15.4. The number of fused-ring (bicyclic) bond motifs is 2. The van der Waals surface area contributed by atoms with Gasteiger partial charge in [0, 0.05) is 5.69 Å². The summed E-state index contributed by atoms with van der Waals surface area (Å²) in [4.78, 5) is 28.7. The zero-order chi connectivity index (χ0) is 21.5. The molecule has 0 fully saturated rings. The molecular formula is C26H21NO4. The third kappa shape index (κ3) is 3.01. The maximum absolute atomic E-state index is 13.5. The highest BCUT2D eigenvalue weighted by molar-refractivity contribution is 6.10. The summed E-state index contributed by atoms with van der Waals surface area (Å²) < 4.78 is 11.4. The number of aryl methyl sites for hydroxylation is 1. The highest BCUT2D eigenvalue weighted by Gasteiger charge is 2.43. The number of ether oxygens (including phenoxy) is 1. The number of carbonyl (C=O) groups excluding carboxylic acids is 1. The summed E-state index contributed by atoms with van der Waals surface area (Å²) in [5.74, 6) is 0.427. The van der Waals surface area contributed by atoms with Crippen molar-refractivity contribution in [2.24, 2.45) is 0 Å². The molecule has 0 saturated carbocycles. The van der Waals surface area contributed by atoms with Crippen molar-refractivity contribution in [1.82, 2.24) is 0 Å². The molecule has 5 heteroatoms. The van der Waals surface area contributed by atoms with Crippen LogP contribution < -0.4 is 15.1 Å². The molecule has 5 nitrogen and oxygen atoms in total. The fourth-order valence-corrected chi connectivity index (χ4v) is 4.21. The third-order valence-corrected chi connectivity index (χ3v) is 5.81. The maximum atomic E-state index is 13.5. The van der Waals surface area contributed by atoms with E-state index in [1.807, 2.05) is 48.5 Å². The monoisotopic (exact) mass is 411 g/mol. The molecule has 0 spiro atoms. The molecule has 31 heavy (non-hydrogen) atoms. The van der Waals surface area contributed by atoms with Crippen LogP contribution in [0.4, 0.5) is 5.69 Å². The van der Waals surface area contributed by atoms with Crippen LogP contribution >= 0.6 is 0 Å². The number of para-hydroxylation sites is 1. The maximum Gasteiger partial charge on any atom is 0.295 e. The molecule has 154 valence electrons. The summed E-state index contributed by atoms with van der Waals surface area (Å²) in [7, 11) is 1.59. The van der Waals surface area contributed by atoms with Gasteiger partial charge in [-0.3, -0.25) is 14.5 Å². The van der Waals surface area contributed by atoms with Crippen LogP contribution in [0.15, 0.2) is 82.0 Å². The molecule has 0 saturated heterocycles. The molecule has 0 bridgehead atoms. The Kier molecular flexibility index (Phi) is 4.59. The van der Waals surface area contributed by atoms with Crippen molar-refractivity contribution in [1.29, 1.82) is 0 Å². The van der Waals surface area contributed by atoms with Crippen molar-refractivity contribution < 1.29 is 13.9 Å². The summed E-state index contributed by atoms with van der Waals surface area (Å²) in [6, 6.07) is 21.7. The Balaban J connectivity index is 1.78. The number of anilines is 1. The Hall–Kier alpha value is -3.86. The second kappa shape index (κ2) is 7.43. The van der Waals surface area contributed by atoms with Crippen molar-refractivity contribution in [3.05, 3.63) is 105 Å². The van der Waals surface area contributed by atoms with Crippen LogP contribution in [0.5, 0.6) is 5.75 Å². The third-order valence-electron chi connectivity index (χ3n) is 5.81. The van der Waals surface area contributed by atoms with E-state index in [-0.39, 0.29) is 17.1 Å². The minimum Gasteiger partial charge on any atom is -0.497 e. The first-order chi connectivity index (χ1) is 15.1. The molecule has 1 aromatic heterocycles. The predicted molar refractivity (Wildman–Crippen MR) is 120 cm³/mol. The fourth-order valence-electron chi connectivity index (χ4n) is 4.21. The van der Waals surface area contributed by atoms with Crippen LogP contribution in [-0.2, 0) is 6.42 Å². The summed E-state index contributed by atoms with van der Waals surface area (Å²) in [6.45, 7) is 2.08. The lowest BCUT2D eigenvalue weighted by Crippen LogP contribution is -2.29. The lowest BCUT2D eigenvalue weighted by atomic mass is 9.98. The van der Waals surface area contributed by atoms with Crippen molar-refractivity contribution in [2.75, 3.05) is 12.0 Å².